The molecule has 30 heavy (non-hydrogen) atoms. The highest BCUT2D eigenvalue weighted by molar-refractivity contribution is 5.54. The molecule has 1 atom stereocenters. The summed E-state index contributed by atoms with van der Waals surface area (Å²) in [6.07, 6.45) is -3.06. The number of anilines is 1. The van der Waals surface area contributed by atoms with Crippen LogP contribution in [-0.4, -0.2) is 37.3 Å². The normalized spacial score (nSPS) is 12.8. The van der Waals surface area contributed by atoms with E-state index in [1.54, 1.807) is 35.8 Å². The van der Waals surface area contributed by atoms with Gasteiger partial charge >= 0.3 is 6.36 Å². The van der Waals surface area contributed by atoms with Crippen molar-refractivity contribution in [3.63, 3.8) is 0 Å². The third kappa shape index (κ3) is 4.35. The molecule has 0 aliphatic rings. The second-order valence-electron chi connectivity index (χ2n) is 6.41. The minimum atomic E-state index is -4.81. The number of halogens is 3. The highest BCUT2D eigenvalue weighted by Crippen LogP contribution is 2.27. The highest BCUT2D eigenvalue weighted by atomic mass is 19.4. The largest absolute Gasteiger partial charge is 0.573 e. The Hall–Kier alpha value is -3.60. The number of aromatic nitrogens is 4. The van der Waals surface area contributed by atoms with E-state index < -0.39 is 12.6 Å². The van der Waals surface area contributed by atoms with Crippen LogP contribution in [0.15, 0.2) is 53.2 Å². The Morgan fingerprint density at radius 1 is 1.17 bits per heavy atom. The zero-order valence-corrected chi connectivity index (χ0v) is 15.6. The first-order valence-corrected chi connectivity index (χ1v) is 8.84. The van der Waals surface area contributed by atoms with E-state index in [0.29, 0.717) is 28.8 Å². The predicted molar refractivity (Wildman–Crippen MR) is 99.7 cm³/mol. The maximum absolute atomic E-state index is 12.5. The molecule has 0 saturated carbocycles. The summed E-state index contributed by atoms with van der Waals surface area (Å²) in [7, 11) is 0. The lowest BCUT2D eigenvalue weighted by molar-refractivity contribution is -0.274. The van der Waals surface area contributed by atoms with E-state index in [0.717, 1.165) is 0 Å². The van der Waals surface area contributed by atoms with Crippen LogP contribution in [0.25, 0.3) is 17.3 Å². The molecule has 4 rings (SSSR count). The number of fused-ring (bicyclic) bond motifs is 1. The van der Waals surface area contributed by atoms with E-state index in [9.17, 15) is 18.3 Å². The van der Waals surface area contributed by atoms with Crippen molar-refractivity contribution < 1.29 is 27.4 Å². The molecule has 3 heterocycles. The fourth-order valence-electron chi connectivity index (χ4n) is 2.88. The zero-order chi connectivity index (χ0) is 21.3. The average molecular weight is 419 g/mol. The topological polar surface area (TPSA) is 97.7 Å². The number of hydrogen-bond donors (Lipinski definition) is 2. The molecular weight excluding hydrogens is 403 g/mol. The molecule has 0 spiro atoms. The Bertz CT molecular complexity index is 1150. The van der Waals surface area contributed by atoms with E-state index in [-0.39, 0.29) is 17.7 Å². The molecule has 0 radical (unpaired) electrons. The third-order valence-electron chi connectivity index (χ3n) is 4.20. The van der Waals surface area contributed by atoms with Crippen LogP contribution in [0, 0.1) is 6.92 Å². The van der Waals surface area contributed by atoms with Crippen molar-refractivity contribution in [2.75, 3.05) is 5.32 Å². The summed E-state index contributed by atoms with van der Waals surface area (Å²) >= 11 is 0. The van der Waals surface area contributed by atoms with Crippen LogP contribution in [-0.2, 0) is 6.42 Å². The lowest BCUT2D eigenvalue weighted by atomic mass is 10.1. The quantitative estimate of drug-likeness (QED) is 0.461. The van der Waals surface area contributed by atoms with Gasteiger partial charge in [-0.25, -0.2) is 9.97 Å². The molecule has 0 aliphatic carbocycles. The van der Waals surface area contributed by atoms with Gasteiger partial charge in [0.05, 0.1) is 18.1 Å². The maximum atomic E-state index is 12.5. The van der Waals surface area contributed by atoms with Crippen LogP contribution in [0.5, 0.6) is 5.75 Å². The summed E-state index contributed by atoms with van der Waals surface area (Å²) in [5.74, 6) is 0.626. The number of aliphatic hydroxyl groups excluding tert-OH is 1. The molecule has 0 amide bonds. The Morgan fingerprint density at radius 2 is 1.97 bits per heavy atom. The van der Waals surface area contributed by atoms with Crippen molar-refractivity contribution in [3.8, 4) is 17.3 Å². The smallest absolute Gasteiger partial charge is 0.415 e. The van der Waals surface area contributed by atoms with Gasteiger partial charge in [0.2, 0.25) is 5.71 Å². The predicted octanol–water partition coefficient (Wildman–Crippen LogP) is 3.56. The van der Waals surface area contributed by atoms with Gasteiger partial charge in [-0.15, -0.1) is 18.3 Å². The van der Waals surface area contributed by atoms with Crippen LogP contribution < -0.4 is 10.1 Å². The monoisotopic (exact) mass is 419 g/mol. The van der Waals surface area contributed by atoms with Crippen molar-refractivity contribution >= 4 is 11.4 Å². The molecule has 8 nitrogen and oxygen atoms in total. The van der Waals surface area contributed by atoms with Crippen molar-refractivity contribution in [3.05, 3.63) is 60.2 Å². The summed E-state index contributed by atoms with van der Waals surface area (Å²) in [6.45, 7) is 1.79. The first-order chi connectivity index (χ1) is 14.3. The molecule has 1 unspecified atom stereocenters. The number of para-hydroxylation sites is 1. The van der Waals surface area contributed by atoms with Gasteiger partial charge in [0.15, 0.2) is 0 Å². The van der Waals surface area contributed by atoms with Crippen LogP contribution in [0.4, 0.5) is 18.9 Å². The Balaban J connectivity index is 1.43. The zero-order valence-electron chi connectivity index (χ0n) is 15.6. The third-order valence-corrected chi connectivity index (χ3v) is 4.20. The summed E-state index contributed by atoms with van der Waals surface area (Å²) < 4.78 is 48.7. The molecule has 11 heteroatoms. The van der Waals surface area contributed by atoms with Crippen molar-refractivity contribution in [2.24, 2.45) is 0 Å². The maximum Gasteiger partial charge on any atom is 0.573 e. The van der Waals surface area contributed by atoms with Crippen LogP contribution in [0.1, 0.15) is 11.4 Å². The van der Waals surface area contributed by atoms with Crippen LogP contribution in [0.3, 0.4) is 0 Å². The summed E-state index contributed by atoms with van der Waals surface area (Å²) in [4.78, 5) is 8.32. The second-order valence-corrected chi connectivity index (χ2v) is 6.41. The van der Waals surface area contributed by atoms with Gasteiger partial charge in [0.25, 0.3) is 5.89 Å². The number of rotatable bonds is 6. The molecule has 0 aliphatic heterocycles. The van der Waals surface area contributed by atoms with Gasteiger partial charge in [-0.3, -0.25) is 0 Å². The Morgan fingerprint density at radius 3 is 2.67 bits per heavy atom. The minimum absolute atomic E-state index is 0.106. The number of nitrogens with one attached hydrogen (secondary N) is 1. The van der Waals surface area contributed by atoms with Gasteiger partial charge in [0, 0.05) is 6.42 Å². The molecule has 3 aromatic heterocycles. The lowest BCUT2D eigenvalue weighted by Gasteiger charge is -2.17. The number of alkyl halides is 3. The number of nitrogens with zero attached hydrogens (tertiary/aromatic N) is 4. The molecule has 0 fully saturated rings. The second kappa shape index (κ2) is 7.67. The van der Waals surface area contributed by atoms with Crippen molar-refractivity contribution in [2.45, 2.75) is 25.9 Å². The molecule has 4 aromatic rings. The van der Waals surface area contributed by atoms with E-state index in [1.165, 1.54) is 24.4 Å². The highest BCUT2D eigenvalue weighted by Gasteiger charge is 2.32. The molecule has 156 valence electrons. The number of aliphatic hydroxyl groups is 1. The van der Waals surface area contributed by atoms with Crippen LogP contribution in [0.2, 0.25) is 0 Å². The number of pyridine rings is 1. The Labute approximate surface area is 167 Å². The number of ether oxygens (including phenoxy) is 1. The van der Waals surface area contributed by atoms with Crippen molar-refractivity contribution in [1.29, 1.82) is 0 Å². The van der Waals surface area contributed by atoms with Gasteiger partial charge in [0.1, 0.15) is 23.5 Å². The minimum Gasteiger partial charge on any atom is -0.415 e. The molecule has 1 aromatic carbocycles. The molecule has 0 saturated heterocycles. The van der Waals surface area contributed by atoms with E-state index >= 15 is 0 Å². The van der Waals surface area contributed by atoms with E-state index in [1.807, 2.05) is 0 Å². The number of imidazole rings is 1. The number of aryl methyl sites for hydroxylation is 1. The van der Waals surface area contributed by atoms with E-state index in [2.05, 4.69) is 25.1 Å². The summed E-state index contributed by atoms with van der Waals surface area (Å²) in [6, 6.07) is 8.93. The SMILES string of the molecule is Cc1ncc2oc(-c3ccc(NC(O)Cc4ccccc4OC(F)(F)F)cn3)nn12. The lowest BCUT2D eigenvalue weighted by Crippen LogP contribution is -2.23. The summed E-state index contributed by atoms with van der Waals surface area (Å²) in [5, 5.41) is 17.3. The summed E-state index contributed by atoms with van der Waals surface area (Å²) in [5.41, 5.74) is 1.64. The fraction of sp³-hybridized carbons (Fsp3) is 0.211. The fourth-order valence-corrected chi connectivity index (χ4v) is 2.88. The Kier molecular flexibility index (Phi) is 5.04. The van der Waals surface area contributed by atoms with Gasteiger partial charge < -0.3 is 19.6 Å². The van der Waals surface area contributed by atoms with E-state index in [4.69, 9.17) is 4.42 Å². The molecular formula is C19H16F3N5O3. The van der Waals surface area contributed by atoms with Gasteiger partial charge in [-0.1, -0.05) is 18.2 Å². The number of hydrogen-bond acceptors (Lipinski definition) is 7. The van der Waals surface area contributed by atoms with Gasteiger partial charge in [-0.2, -0.15) is 4.52 Å². The standard InChI is InChI=1S/C19H16F3N5O3/c1-11-23-10-17-27(11)26-18(29-17)14-7-6-13(9-24-14)25-16(28)8-12-4-2-3-5-15(12)30-19(20,21)22/h2-7,9-10,16,25,28H,8H2,1H3. The first kappa shape index (κ1) is 19.7. The average Bonchev–Trinajstić information content (AvgIpc) is 3.25. The molecule has 0 bridgehead atoms. The first-order valence-electron chi connectivity index (χ1n) is 8.84. The van der Waals surface area contributed by atoms with Gasteiger partial charge in [-0.05, 0) is 30.7 Å². The molecule has 2 N–H and O–H groups in total. The van der Waals surface area contributed by atoms with Crippen LogP contribution >= 0.6 is 0 Å². The van der Waals surface area contributed by atoms with Crippen molar-refractivity contribution in [1.82, 2.24) is 19.6 Å². The number of benzene rings is 1.